The molecule has 0 spiro atoms. The van der Waals surface area contributed by atoms with Crippen LogP contribution in [0.15, 0.2) is 11.3 Å². The Bertz CT molecular complexity index is 592. The van der Waals surface area contributed by atoms with Crippen LogP contribution in [0.5, 0.6) is 0 Å². The van der Waals surface area contributed by atoms with E-state index in [1.54, 1.807) is 13.8 Å². The highest BCUT2D eigenvalue weighted by Crippen LogP contribution is 2.39. The average molecular weight is 374 g/mol. The number of ether oxygens (including phenoxy) is 4. The Morgan fingerprint density at radius 3 is 2.56 bits per heavy atom. The molecule has 0 saturated carbocycles. The van der Waals surface area contributed by atoms with Gasteiger partial charge < -0.3 is 24.7 Å². The predicted octanol–water partition coefficient (Wildman–Crippen LogP) is 0.580. The number of carbonyl (C=O) groups is 3. The van der Waals surface area contributed by atoms with E-state index in [2.05, 4.69) is 0 Å². The van der Waals surface area contributed by atoms with Gasteiger partial charge in [-0.05, 0) is 19.4 Å². The summed E-state index contributed by atoms with van der Waals surface area (Å²) in [6.45, 7) is 4.89. The fourth-order valence-electron chi connectivity index (χ4n) is 2.44. The number of rotatable bonds is 6. The van der Waals surface area contributed by atoms with Gasteiger partial charge in [0.25, 0.3) is 0 Å². The molecule has 2 aliphatic rings. The minimum absolute atomic E-state index is 0.102. The van der Waals surface area contributed by atoms with Crippen molar-refractivity contribution < 1.29 is 33.3 Å². The van der Waals surface area contributed by atoms with E-state index in [0.29, 0.717) is 11.3 Å². The van der Waals surface area contributed by atoms with Crippen LogP contribution in [0.2, 0.25) is 0 Å². The molecule has 1 amide bonds. The number of fused-ring (bicyclic) bond motifs is 1. The molecule has 140 valence electrons. The molecule has 0 aromatic carbocycles. The average Bonchev–Trinajstić information content (AvgIpc) is 2.52. The zero-order valence-electron chi connectivity index (χ0n) is 14.5. The number of hydrogen-bond donors (Lipinski definition) is 1. The molecule has 25 heavy (non-hydrogen) atoms. The predicted molar refractivity (Wildman–Crippen MR) is 88.2 cm³/mol. The Morgan fingerprint density at radius 2 is 1.96 bits per heavy atom. The molecular weight excluding hydrogens is 352 g/mol. The Labute approximate surface area is 149 Å². The van der Waals surface area contributed by atoms with Crippen LogP contribution in [0, 0.1) is 0 Å². The first-order valence-corrected chi connectivity index (χ1v) is 8.80. The number of amides is 1. The van der Waals surface area contributed by atoms with E-state index in [0.717, 1.165) is 0 Å². The summed E-state index contributed by atoms with van der Waals surface area (Å²) < 4.78 is 19.9. The highest BCUT2D eigenvalue weighted by atomic mass is 32.2. The van der Waals surface area contributed by atoms with Crippen molar-refractivity contribution in [2.24, 2.45) is 5.73 Å². The summed E-state index contributed by atoms with van der Waals surface area (Å²) in [5.41, 5.74) is 6.49. The van der Waals surface area contributed by atoms with Crippen molar-refractivity contribution in [3.63, 3.8) is 0 Å². The van der Waals surface area contributed by atoms with Crippen LogP contribution in [0.4, 0.5) is 4.79 Å². The molecule has 3 atom stereocenters. The van der Waals surface area contributed by atoms with Crippen molar-refractivity contribution in [1.82, 2.24) is 4.90 Å². The van der Waals surface area contributed by atoms with Crippen LogP contribution in [-0.2, 0) is 28.5 Å². The van der Waals surface area contributed by atoms with E-state index in [9.17, 15) is 14.4 Å². The van der Waals surface area contributed by atoms with Gasteiger partial charge in [0.1, 0.15) is 17.1 Å². The van der Waals surface area contributed by atoms with Gasteiger partial charge in [0, 0.05) is 19.8 Å². The van der Waals surface area contributed by atoms with Crippen molar-refractivity contribution in [3.05, 3.63) is 11.3 Å². The Morgan fingerprint density at radius 1 is 1.28 bits per heavy atom. The number of esters is 1. The number of nitrogens with zero attached hydrogens (tertiary/aromatic N) is 1. The summed E-state index contributed by atoms with van der Waals surface area (Å²) in [6, 6.07) is -0.647. The Hall–Kier alpha value is -1.78. The van der Waals surface area contributed by atoms with Crippen molar-refractivity contribution in [2.75, 3.05) is 19.5 Å². The minimum Gasteiger partial charge on any atom is -0.431 e. The number of nitrogens with two attached hydrogens (primary N) is 1. The third kappa shape index (κ3) is 4.25. The van der Waals surface area contributed by atoms with Gasteiger partial charge in [-0.1, -0.05) is 0 Å². The van der Waals surface area contributed by atoms with E-state index in [1.165, 1.54) is 30.7 Å². The zero-order chi connectivity index (χ0) is 18.7. The molecule has 2 rings (SSSR count). The van der Waals surface area contributed by atoms with Crippen LogP contribution in [0.3, 0.4) is 0 Å². The minimum atomic E-state index is -1.17. The molecule has 2 aliphatic heterocycles. The molecular formula is C15H22N2O7S. The number of carbonyl (C=O) groups excluding carboxylic acids is 3. The Kier molecular flexibility index (Phi) is 6.31. The summed E-state index contributed by atoms with van der Waals surface area (Å²) in [5, 5.41) is -0.308. The summed E-state index contributed by atoms with van der Waals surface area (Å²) in [4.78, 5) is 37.3. The maximum atomic E-state index is 12.5. The summed E-state index contributed by atoms with van der Waals surface area (Å²) in [5.74, 6) is -0.640. The highest BCUT2D eigenvalue weighted by Gasteiger charge is 2.52. The topological polar surface area (TPSA) is 117 Å². The maximum Gasteiger partial charge on any atom is 0.511 e. The molecule has 2 heterocycles. The second-order valence-corrected chi connectivity index (χ2v) is 6.93. The van der Waals surface area contributed by atoms with Gasteiger partial charge in [-0.2, -0.15) is 0 Å². The van der Waals surface area contributed by atoms with Crippen LogP contribution in [0.25, 0.3) is 0 Å². The molecule has 0 radical (unpaired) electrons. The standard InChI is InChI=1S/C15H22N2O7S/c1-7(2)22-15(20)24-8(3)23-14(19)11-9(5-21-4)6-25-13-10(16)12(18)17(11)13/h7-8,10,13H,5-6,16H2,1-4H3/t8?,10?,13-/m1/s1. The van der Waals surface area contributed by atoms with E-state index in [-0.39, 0.29) is 29.7 Å². The van der Waals surface area contributed by atoms with Crippen LogP contribution >= 0.6 is 11.8 Å². The van der Waals surface area contributed by atoms with E-state index in [1.807, 2.05) is 0 Å². The monoisotopic (exact) mass is 374 g/mol. The molecule has 2 N–H and O–H groups in total. The summed E-state index contributed by atoms with van der Waals surface area (Å²) in [7, 11) is 1.49. The largest absolute Gasteiger partial charge is 0.511 e. The molecule has 0 aliphatic carbocycles. The van der Waals surface area contributed by atoms with E-state index in [4.69, 9.17) is 24.7 Å². The van der Waals surface area contributed by atoms with Crippen molar-refractivity contribution in [2.45, 2.75) is 44.6 Å². The van der Waals surface area contributed by atoms with E-state index >= 15 is 0 Å². The molecule has 1 saturated heterocycles. The second kappa shape index (κ2) is 8.07. The second-order valence-electron chi connectivity index (χ2n) is 5.83. The lowest BCUT2D eigenvalue weighted by Crippen LogP contribution is -2.68. The molecule has 0 aromatic heterocycles. The number of methoxy groups -OCH3 is 1. The number of thioether (sulfide) groups is 1. The lowest BCUT2D eigenvalue weighted by Gasteiger charge is -2.48. The van der Waals surface area contributed by atoms with Gasteiger partial charge in [-0.25, -0.2) is 9.59 Å². The zero-order valence-corrected chi connectivity index (χ0v) is 15.3. The van der Waals surface area contributed by atoms with Gasteiger partial charge >= 0.3 is 12.1 Å². The molecule has 1 fully saturated rings. The Balaban J connectivity index is 2.08. The van der Waals surface area contributed by atoms with Crippen LogP contribution in [-0.4, -0.2) is 66.2 Å². The number of hydrogen-bond acceptors (Lipinski definition) is 9. The smallest absolute Gasteiger partial charge is 0.431 e. The van der Waals surface area contributed by atoms with Crippen LogP contribution < -0.4 is 5.73 Å². The highest BCUT2D eigenvalue weighted by molar-refractivity contribution is 8.00. The quantitative estimate of drug-likeness (QED) is 0.404. The third-order valence-corrected chi connectivity index (χ3v) is 4.83. The fourth-order valence-corrected chi connectivity index (χ4v) is 3.71. The fraction of sp³-hybridized carbons (Fsp3) is 0.667. The molecule has 10 heteroatoms. The van der Waals surface area contributed by atoms with E-state index < -0.39 is 24.5 Å². The lowest BCUT2D eigenvalue weighted by atomic mass is 10.0. The first kappa shape index (κ1) is 19.5. The number of β-lactam (4-membered cyclic amide) rings is 1. The van der Waals surface area contributed by atoms with Crippen molar-refractivity contribution >= 4 is 29.8 Å². The summed E-state index contributed by atoms with van der Waals surface area (Å²) >= 11 is 1.46. The first-order chi connectivity index (χ1) is 11.8. The first-order valence-electron chi connectivity index (χ1n) is 7.75. The van der Waals surface area contributed by atoms with Gasteiger partial charge in [-0.15, -0.1) is 11.8 Å². The molecule has 2 unspecified atom stereocenters. The maximum absolute atomic E-state index is 12.5. The molecule has 0 aromatic rings. The van der Waals surface area contributed by atoms with Gasteiger partial charge in [0.2, 0.25) is 12.2 Å². The normalized spacial score (nSPS) is 23.8. The third-order valence-electron chi connectivity index (χ3n) is 3.47. The van der Waals surface area contributed by atoms with Crippen molar-refractivity contribution in [1.29, 1.82) is 0 Å². The summed E-state index contributed by atoms with van der Waals surface area (Å²) in [6.07, 6.45) is -2.48. The van der Waals surface area contributed by atoms with Gasteiger partial charge in [0.05, 0.1) is 12.7 Å². The lowest BCUT2D eigenvalue weighted by molar-refractivity contribution is -0.169. The van der Waals surface area contributed by atoms with Gasteiger partial charge in [0.15, 0.2) is 0 Å². The SMILES string of the molecule is COCC1=C(C(=O)OC(C)OC(=O)OC(C)C)N2C(=O)C(N)[C@H]2SC1. The van der Waals surface area contributed by atoms with Crippen LogP contribution in [0.1, 0.15) is 20.8 Å². The van der Waals surface area contributed by atoms with Crippen molar-refractivity contribution in [3.8, 4) is 0 Å². The van der Waals surface area contributed by atoms with Gasteiger partial charge in [-0.3, -0.25) is 9.69 Å². The molecule has 0 bridgehead atoms. The molecule has 9 nitrogen and oxygen atoms in total.